The number of hydrogen-bond acceptors (Lipinski definition) is 6. The molecule has 0 saturated carbocycles. The molecule has 1 aliphatic rings. The maximum absolute atomic E-state index is 11.4. The van der Waals surface area contributed by atoms with Gasteiger partial charge in [-0.25, -0.2) is 4.98 Å². The van der Waals surface area contributed by atoms with Crippen molar-refractivity contribution in [1.82, 2.24) is 15.2 Å². The van der Waals surface area contributed by atoms with E-state index in [0.29, 0.717) is 13.1 Å². The second-order valence-corrected chi connectivity index (χ2v) is 5.67. The molecule has 6 nitrogen and oxygen atoms in total. The first-order valence-corrected chi connectivity index (χ1v) is 7.05. The fourth-order valence-electron chi connectivity index (χ4n) is 2.20. The van der Waals surface area contributed by atoms with Crippen LogP contribution in [0.1, 0.15) is 10.6 Å². The zero-order valence-corrected chi connectivity index (χ0v) is 11.9. The van der Waals surface area contributed by atoms with Gasteiger partial charge in [-0.2, -0.15) is 0 Å². The van der Waals surface area contributed by atoms with E-state index >= 15 is 0 Å². The molecular formula is C12H19N3O3S. The summed E-state index contributed by atoms with van der Waals surface area (Å²) in [5.41, 5.74) is 2.86. The molecule has 2 heterocycles. The average Bonchev–Trinajstić information content (AvgIpc) is 2.88. The number of aliphatic hydroxyl groups is 1. The minimum Gasteiger partial charge on any atom is -0.390 e. The average molecular weight is 285 g/mol. The molecule has 0 spiro atoms. The Morgan fingerprint density at radius 3 is 3.11 bits per heavy atom. The zero-order chi connectivity index (χ0) is 13.8. The van der Waals surface area contributed by atoms with E-state index in [1.54, 1.807) is 11.3 Å². The lowest BCUT2D eigenvalue weighted by molar-refractivity contribution is -0.125. The Hall–Kier alpha value is -1.02. The molecule has 1 saturated heterocycles. The number of aliphatic hydroxyl groups excluding tert-OH is 1. The smallest absolute Gasteiger partial charge is 0.246 e. The Kier molecular flexibility index (Phi) is 4.87. The second-order valence-electron chi connectivity index (χ2n) is 4.73. The molecule has 0 bridgehead atoms. The van der Waals surface area contributed by atoms with Gasteiger partial charge in [-0.15, -0.1) is 11.3 Å². The molecule has 0 unspecified atom stereocenters. The van der Waals surface area contributed by atoms with E-state index in [4.69, 9.17) is 4.74 Å². The molecule has 1 aromatic rings. The second kappa shape index (κ2) is 6.42. The fraction of sp³-hybridized carbons (Fsp3) is 0.667. The van der Waals surface area contributed by atoms with Crippen LogP contribution in [0.3, 0.4) is 0 Å². The number of amides is 1. The van der Waals surface area contributed by atoms with Crippen LogP contribution >= 0.6 is 11.3 Å². The Labute approximate surface area is 116 Å². The quantitative estimate of drug-likeness (QED) is 0.781. The van der Waals surface area contributed by atoms with E-state index < -0.39 is 6.10 Å². The number of nitrogens with zero attached hydrogens (tertiary/aromatic N) is 2. The summed E-state index contributed by atoms with van der Waals surface area (Å²) in [7, 11) is 1.48. The van der Waals surface area contributed by atoms with E-state index in [0.717, 1.165) is 12.2 Å². The van der Waals surface area contributed by atoms with Gasteiger partial charge < -0.3 is 15.2 Å². The molecule has 1 amide bonds. The topological polar surface area (TPSA) is 74.7 Å². The van der Waals surface area contributed by atoms with E-state index in [9.17, 15) is 9.90 Å². The fourth-order valence-corrected chi connectivity index (χ4v) is 3.02. The van der Waals surface area contributed by atoms with Crippen LogP contribution in [0.25, 0.3) is 0 Å². The zero-order valence-electron chi connectivity index (χ0n) is 11.1. The van der Waals surface area contributed by atoms with Crippen molar-refractivity contribution in [3.8, 4) is 0 Å². The Bertz CT molecular complexity index is 438. The van der Waals surface area contributed by atoms with Gasteiger partial charge in [0.25, 0.3) is 0 Å². The molecule has 2 atom stereocenters. The number of aromatic nitrogens is 1. The molecular weight excluding hydrogens is 266 g/mol. The maximum Gasteiger partial charge on any atom is 0.246 e. The predicted octanol–water partition coefficient (Wildman–Crippen LogP) is -0.241. The lowest BCUT2D eigenvalue weighted by Crippen LogP contribution is -2.44. The summed E-state index contributed by atoms with van der Waals surface area (Å²) in [5, 5.41) is 12.8. The summed E-state index contributed by atoms with van der Waals surface area (Å²) in [4.78, 5) is 19.0. The molecule has 0 aromatic carbocycles. The highest BCUT2D eigenvalue weighted by atomic mass is 32.1. The van der Waals surface area contributed by atoms with Crippen molar-refractivity contribution in [3.05, 3.63) is 16.1 Å². The lowest BCUT2D eigenvalue weighted by atomic mass is 10.2. The molecule has 1 aliphatic heterocycles. The van der Waals surface area contributed by atoms with E-state index in [2.05, 4.69) is 15.2 Å². The van der Waals surface area contributed by atoms with Crippen LogP contribution in [0.5, 0.6) is 0 Å². The number of thiazole rings is 1. The van der Waals surface area contributed by atoms with Crippen LogP contribution in [0.2, 0.25) is 0 Å². The Morgan fingerprint density at radius 2 is 2.47 bits per heavy atom. The predicted molar refractivity (Wildman–Crippen MR) is 71.9 cm³/mol. The monoisotopic (exact) mass is 285 g/mol. The van der Waals surface area contributed by atoms with Crippen molar-refractivity contribution in [2.45, 2.75) is 25.6 Å². The third-order valence-electron chi connectivity index (χ3n) is 3.20. The van der Waals surface area contributed by atoms with Crippen molar-refractivity contribution in [1.29, 1.82) is 0 Å². The number of carbonyl (C=O) groups is 1. The van der Waals surface area contributed by atoms with Crippen molar-refractivity contribution in [2.24, 2.45) is 0 Å². The molecule has 1 aromatic heterocycles. The minimum atomic E-state index is -0.533. The molecule has 0 aliphatic carbocycles. The third-order valence-corrected chi connectivity index (χ3v) is 4.12. The first-order chi connectivity index (χ1) is 9.10. The summed E-state index contributed by atoms with van der Waals surface area (Å²) in [5.74, 6) is -0.192. The van der Waals surface area contributed by atoms with Crippen LogP contribution in [0.15, 0.2) is 5.51 Å². The van der Waals surface area contributed by atoms with E-state index in [1.165, 1.54) is 12.0 Å². The molecule has 0 radical (unpaired) electrons. The molecule has 19 heavy (non-hydrogen) atoms. The van der Waals surface area contributed by atoms with Gasteiger partial charge in [-0.3, -0.25) is 9.69 Å². The van der Waals surface area contributed by atoms with Gasteiger partial charge in [0.2, 0.25) is 5.91 Å². The van der Waals surface area contributed by atoms with E-state index in [1.807, 2.05) is 12.4 Å². The number of nitrogens with one attached hydrogen (secondary N) is 1. The van der Waals surface area contributed by atoms with Gasteiger partial charge in [0, 0.05) is 31.6 Å². The van der Waals surface area contributed by atoms with Crippen molar-refractivity contribution >= 4 is 17.2 Å². The van der Waals surface area contributed by atoms with Crippen molar-refractivity contribution in [2.75, 3.05) is 26.8 Å². The number of ether oxygens (including phenoxy) is 1. The molecule has 2 rings (SSSR count). The van der Waals surface area contributed by atoms with Crippen LogP contribution in [-0.4, -0.2) is 59.8 Å². The van der Waals surface area contributed by atoms with Gasteiger partial charge in [0.05, 0.1) is 23.4 Å². The van der Waals surface area contributed by atoms with Crippen LogP contribution in [0.4, 0.5) is 0 Å². The van der Waals surface area contributed by atoms with Gasteiger partial charge in [-0.05, 0) is 6.92 Å². The summed E-state index contributed by atoms with van der Waals surface area (Å²) >= 11 is 1.62. The highest BCUT2D eigenvalue weighted by Gasteiger charge is 2.32. The molecule has 1 fully saturated rings. The molecule has 7 heteroatoms. The highest BCUT2D eigenvalue weighted by molar-refractivity contribution is 7.09. The van der Waals surface area contributed by atoms with Gasteiger partial charge in [0.15, 0.2) is 0 Å². The number of β-amino-alcohol motifs (C(OH)–C–C–N with tert-alkyl or cyclic N) is 1. The lowest BCUT2D eigenvalue weighted by Gasteiger charge is -2.16. The summed E-state index contributed by atoms with van der Waals surface area (Å²) in [6.45, 7) is 3.99. The number of methoxy groups -OCH3 is 1. The summed E-state index contributed by atoms with van der Waals surface area (Å²) in [6.07, 6.45) is -0.533. The third kappa shape index (κ3) is 3.73. The minimum absolute atomic E-state index is 0.0250. The molecule has 106 valence electrons. The normalized spacial score (nSPS) is 23.7. The molecule has 2 N–H and O–H groups in total. The summed E-state index contributed by atoms with van der Waals surface area (Å²) in [6, 6.07) is -0.226. The number of rotatable bonds is 5. The number of likely N-dealkylation sites (tertiary alicyclic amines) is 1. The number of aryl methyl sites for hydroxylation is 1. The number of carbonyl (C=O) groups excluding carboxylic acids is 1. The Morgan fingerprint density at radius 1 is 1.68 bits per heavy atom. The SMILES string of the molecule is COCC(=O)N[C@@H]1CN(Cc2scnc2C)C[C@H]1O. The first-order valence-electron chi connectivity index (χ1n) is 6.18. The number of hydrogen-bond donors (Lipinski definition) is 2. The van der Waals surface area contributed by atoms with Crippen LogP contribution in [-0.2, 0) is 16.1 Å². The van der Waals surface area contributed by atoms with E-state index in [-0.39, 0.29) is 18.6 Å². The largest absolute Gasteiger partial charge is 0.390 e. The summed E-state index contributed by atoms with van der Waals surface area (Å²) < 4.78 is 4.76. The highest BCUT2D eigenvalue weighted by Crippen LogP contribution is 2.19. The first kappa shape index (κ1) is 14.4. The van der Waals surface area contributed by atoms with Gasteiger partial charge >= 0.3 is 0 Å². The Balaban J connectivity index is 1.87. The van der Waals surface area contributed by atoms with Gasteiger partial charge in [-0.1, -0.05) is 0 Å². The van der Waals surface area contributed by atoms with Crippen molar-refractivity contribution in [3.63, 3.8) is 0 Å². The van der Waals surface area contributed by atoms with Crippen LogP contribution in [0, 0.1) is 6.92 Å². The van der Waals surface area contributed by atoms with Gasteiger partial charge in [0.1, 0.15) is 6.61 Å². The maximum atomic E-state index is 11.4. The standard InChI is InChI=1S/C12H19N3O3S/c1-8-11(19-7-13-8)5-15-3-9(10(16)4-15)14-12(17)6-18-2/h7,9-10,16H,3-6H2,1-2H3,(H,14,17)/t9-,10-/m1/s1. The van der Waals surface area contributed by atoms with Crippen molar-refractivity contribution < 1.29 is 14.6 Å². The van der Waals surface area contributed by atoms with Crippen LogP contribution < -0.4 is 5.32 Å².